The average Bonchev–Trinajstić information content (AvgIpc) is 2.23. The molecule has 0 aliphatic rings. The summed E-state index contributed by atoms with van der Waals surface area (Å²) in [6, 6.07) is 11.3. The summed E-state index contributed by atoms with van der Waals surface area (Å²) in [6.45, 7) is 0.602. The molecule has 78 valence electrons. The van der Waals surface area contributed by atoms with E-state index in [1.54, 1.807) is 6.07 Å². The van der Waals surface area contributed by atoms with Crippen LogP contribution in [0.5, 0.6) is 0 Å². The molecule has 0 saturated heterocycles. The van der Waals surface area contributed by atoms with Crippen molar-refractivity contribution in [2.45, 2.75) is 6.54 Å². The molecule has 0 aromatic carbocycles. The maximum absolute atomic E-state index is 11.3. The highest BCUT2D eigenvalue weighted by Crippen LogP contribution is 1.89. The first-order valence-corrected chi connectivity index (χ1v) is 4.47. The molecule has 0 amide bonds. The molecule has 0 saturated carbocycles. The van der Waals surface area contributed by atoms with E-state index in [-0.39, 0.29) is 24.0 Å². The Hall–Kier alpha value is -1.17. The second-order valence-electron chi connectivity index (χ2n) is 3.07. The molecular formula is C11H11IN2O. The summed E-state index contributed by atoms with van der Waals surface area (Å²) in [5, 5.41) is 11.3. The van der Waals surface area contributed by atoms with Crippen LogP contribution in [0.2, 0.25) is 0 Å². The Morgan fingerprint density at radius 2 is 1.60 bits per heavy atom. The fraction of sp³-hybridized carbons (Fsp3) is 0.0909. The molecule has 2 rings (SSSR count). The molecule has 0 fully saturated rings. The Morgan fingerprint density at radius 3 is 2.27 bits per heavy atom. The SMILES string of the molecule is [I-].[O-][n+]1ccccc1C[n+]1ccccc1. The van der Waals surface area contributed by atoms with Gasteiger partial charge in [-0.2, -0.15) is 9.30 Å². The van der Waals surface area contributed by atoms with Crippen molar-refractivity contribution in [2.24, 2.45) is 0 Å². The van der Waals surface area contributed by atoms with Crippen LogP contribution in [0.15, 0.2) is 55.0 Å². The Morgan fingerprint density at radius 1 is 0.933 bits per heavy atom. The van der Waals surface area contributed by atoms with Gasteiger partial charge in [0.25, 0.3) is 5.69 Å². The molecule has 2 heterocycles. The first kappa shape index (κ1) is 11.9. The van der Waals surface area contributed by atoms with Gasteiger partial charge in [0.2, 0.25) is 6.54 Å². The van der Waals surface area contributed by atoms with Gasteiger partial charge >= 0.3 is 0 Å². The molecular weight excluding hydrogens is 303 g/mol. The standard InChI is InChI=1S/C11H11N2O.HI/c14-13-9-5-2-6-11(13)10-12-7-3-1-4-8-12;/h1-9H,10H2;1H/q+1;/p-1. The summed E-state index contributed by atoms with van der Waals surface area (Å²) in [4.78, 5) is 0. The van der Waals surface area contributed by atoms with Gasteiger partial charge in [-0.3, -0.25) is 0 Å². The first-order chi connectivity index (χ1) is 6.86. The monoisotopic (exact) mass is 314 g/mol. The smallest absolute Gasteiger partial charge is 0.258 e. The highest BCUT2D eigenvalue weighted by Gasteiger charge is 2.08. The molecule has 15 heavy (non-hydrogen) atoms. The fourth-order valence-electron chi connectivity index (χ4n) is 1.31. The van der Waals surface area contributed by atoms with Gasteiger partial charge in [0.05, 0.1) is 0 Å². The maximum Gasteiger partial charge on any atom is 0.258 e. The van der Waals surface area contributed by atoms with E-state index in [1.165, 1.54) is 6.20 Å². The number of aromatic nitrogens is 2. The predicted molar refractivity (Wildman–Crippen MR) is 51.1 cm³/mol. The van der Waals surface area contributed by atoms with E-state index in [2.05, 4.69) is 0 Å². The van der Waals surface area contributed by atoms with Crippen molar-refractivity contribution in [3.05, 3.63) is 65.9 Å². The van der Waals surface area contributed by atoms with E-state index in [0.29, 0.717) is 6.54 Å². The van der Waals surface area contributed by atoms with E-state index >= 15 is 0 Å². The van der Waals surface area contributed by atoms with Crippen LogP contribution in [0.25, 0.3) is 0 Å². The van der Waals surface area contributed by atoms with Crippen LogP contribution in [0, 0.1) is 5.21 Å². The highest BCUT2D eigenvalue weighted by molar-refractivity contribution is 4.96. The molecule has 0 spiro atoms. The van der Waals surface area contributed by atoms with Gasteiger partial charge in [-0.1, -0.05) is 6.07 Å². The molecule has 3 nitrogen and oxygen atoms in total. The lowest BCUT2D eigenvalue weighted by atomic mass is 10.3. The third kappa shape index (κ3) is 3.16. The van der Waals surface area contributed by atoms with E-state index in [9.17, 15) is 5.21 Å². The summed E-state index contributed by atoms with van der Waals surface area (Å²) in [5.41, 5.74) is 0.740. The van der Waals surface area contributed by atoms with Crippen molar-refractivity contribution >= 4 is 0 Å². The van der Waals surface area contributed by atoms with Gasteiger partial charge in [-0.05, 0) is 6.07 Å². The molecule has 0 atom stereocenters. The van der Waals surface area contributed by atoms with Gasteiger partial charge in [0, 0.05) is 24.3 Å². The first-order valence-electron chi connectivity index (χ1n) is 4.47. The fourth-order valence-corrected chi connectivity index (χ4v) is 1.31. The zero-order valence-corrected chi connectivity index (χ0v) is 10.2. The van der Waals surface area contributed by atoms with Crippen molar-refractivity contribution < 1.29 is 33.3 Å². The third-order valence-corrected chi connectivity index (χ3v) is 2.03. The van der Waals surface area contributed by atoms with Crippen molar-refractivity contribution in [3.63, 3.8) is 0 Å². The number of pyridine rings is 2. The van der Waals surface area contributed by atoms with E-state index in [4.69, 9.17) is 0 Å². The molecule has 2 aromatic rings. The maximum atomic E-state index is 11.3. The third-order valence-electron chi connectivity index (χ3n) is 2.03. The number of hydrogen-bond donors (Lipinski definition) is 0. The summed E-state index contributed by atoms with van der Waals surface area (Å²) < 4.78 is 2.85. The van der Waals surface area contributed by atoms with Crippen molar-refractivity contribution in [1.29, 1.82) is 0 Å². The van der Waals surface area contributed by atoms with Crippen LogP contribution in [0.4, 0.5) is 0 Å². The van der Waals surface area contributed by atoms with Gasteiger partial charge in [-0.15, -0.1) is 0 Å². The molecule has 2 aromatic heterocycles. The lowest BCUT2D eigenvalue weighted by molar-refractivity contribution is -0.718. The van der Waals surface area contributed by atoms with Gasteiger partial charge < -0.3 is 29.2 Å². The predicted octanol–water partition coefficient (Wildman–Crippen LogP) is -2.34. The normalized spacial score (nSPS) is 9.33. The number of hydrogen-bond acceptors (Lipinski definition) is 1. The second kappa shape index (κ2) is 5.65. The second-order valence-corrected chi connectivity index (χ2v) is 3.07. The van der Waals surface area contributed by atoms with Crippen LogP contribution in [-0.2, 0) is 6.54 Å². The number of nitrogens with zero attached hydrogens (tertiary/aromatic N) is 2. The average molecular weight is 314 g/mol. The number of halogens is 1. The highest BCUT2D eigenvalue weighted by atomic mass is 127. The topological polar surface area (TPSA) is 30.8 Å². The summed E-state index contributed by atoms with van der Waals surface area (Å²) in [7, 11) is 0. The zero-order chi connectivity index (χ0) is 9.80. The summed E-state index contributed by atoms with van der Waals surface area (Å²) >= 11 is 0. The van der Waals surface area contributed by atoms with Crippen molar-refractivity contribution in [2.75, 3.05) is 0 Å². The number of rotatable bonds is 2. The van der Waals surface area contributed by atoms with Crippen LogP contribution >= 0.6 is 0 Å². The van der Waals surface area contributed by atoms with E-state index in [0.717, 1.165) is 10.4 Å². The Balaban J connectivity index is 0.00000112. The van der Waals surface area contributed by atoms with E-state index in [1.807, 2.05) is 47.3 Å². The molecule has 4 heteroatoms. The quantitative estimate of drug-likeness (QED) is 0.347. The van der Waals surface area contributed by atoms with Crippen LogP contribution < -0.4 is 33.3 Å². The van der Waals surface area contributed by atoms with Crippen LogP contribution in [0.3, 0.4) is 0 Å². The van der Waals surface area contributed by atoms with Gasteiger partial charge in [0.1, 0.15) is 0 Å². The van der Waals surface area contributed by atoms with Crippen LogP contribution in [-0.4, -0.2) is 0 Å². The molecule has 0 radical (unpaired) electrons. The largest absolute Gasteiger partial charge is 1.00 e. The Bertz CT molecular complexity index is 420. The van der Waals surface area contributed by atoms with Crippen molar-refractivity contribution in [1.82, 2.24) is 0 Å². The lowest BCUT2D eigenvalue weighted by Gasteiger charge is -2.00. The van der Waals surface area contributed by atoms with Crippen molar-refractivity contribution in [3.8, 4) is 0 Å². The minimum absolute atomic E-state index is 0. The van der Waals surface area contributed by atoms with Crippen LogP contribution in [0.1, 0.15) is 5.69 Å². The zero-order valence-electron chi connectivity index (χ0n) is 8.08. The summed E-state index contributed by atoms with van der Waals surface area (Å²) in [6.07, 6.45) is 5.39. The molecule has 0 aliphatic heterocycles. The molecule has 0 unspecified atom stereocenters. The lowest BCUT2D eigenvalue weighted by Crippen LogP contribution is -3.00. The Labute approximate surface area is 106 Å². The van der Waals surface area contributed by atoms with Gasteiger partial charge in [0.15, 0.2) is 18.6 Å². The molecule has 0 aliphatic carbocycles. The minimum Gasteiger partial charge on any atom is -1.00 e. The molecule has 0 bridgehead atoms. The summed E-state index contributed by atoms with van der Waals surface area (Å²) in [5.74, 6) is 0. The van der Waals surface area contributed by atoms with Gasteiger partial charge in [-0.25, -0.2) is 0 Å². The van der Waals surface area contributed by atoms with E-state index < -0.39 is 0 Å². The minimum atomic E-state index is 0. The molecule has 0 N–H and O–H groups in total. The Kier molecular flexibility index (Phi) is 4.48.